The Kier molecular flexibility index (Phi) is 8.56. The molecule has 0 aromatic heterocycles. The van der Waals surface area contributed by atoms with Crippen LogP contribution in [0.1, 0.15) is 32.3 Å². The molecule has 0 radical (unpaired) electrons. The molecular weight excluding hydrogens is 332 g/mol. The molecular formula is C20H33ClN4. The SMILES string of the molecule is CCN(CC)CC1CCN(C(=NC)NCCCc2ccccc2Cl)C1. The molecule has 1 fully saturated rings. The van der Waals surface area contributed by atoms with Gasteiger partial charge in [0.1, 0.15) is 0 Å². The Bertz CT molecular complexity index is 542. The molecule has 1 aromatic carbocycles. The van der Waals surface area contributed by atoms with Crippen LogP contribution in [0.25, 0.3) is 0 Å². The molecule has 0 bridgehead atoms. The summed E-state index contributed by atoms with van der Waals surface area (Å²) in [5, 5.41) is 4.39. The Morgan fingerprint density at radius 2 is 2.08 bits per heavy atom. The van der Waals surface area contributed by atoms with Gasteiger partial charge in [-0.2, -0.15) is 0 Å². The number of halogens is 1. The molecule has 1 aromatic rings. The molecule has 0 saturated carbocycles. The van der Waals surface area contributed by atoms with Crippen molar-refractivity contribution >= 4 is 17.6 Å². The first kappa shape index (κ1) is 20.1. The maximum Gasteiger partial charge on any atom is 0.193 e. The number of likely N-dealkylation sites (tertiary alicyclic amines) is 1. The van der Waals surface area contributed by atoms with E-state index in [-0.39, 0.29) is 0 Å². The molecule has 1 aliphatic rings. The van der Waals surface area contributed by atoms with E-state index in [1.165, 1.54) is 18.5 Å². The van der Waals surface area contributed by atoms with Crippen LogP contribution in [0.15, 0.2) is 29.3 Å². The molecule has 1 atom stereocenters. The van der Waals surface area contributed by atoms with Crippen LogP contribution < -0.4 is 5.32 Å². The van der Waals surface area contributed by atoms with E-state index in [4.69, 9.17) is 11.6 Å². The minimum absolute atomic E-state index is 0.751. The predicted molar refractivity (Wildman–Crippen MR) is 109 cm³/mol. The van der Waals surface area contributed by atoms with Gasteiger partial charge in [0, 0.05) is 38.2 Å². The van der Waals surface area contributed by atoms with Crippen molar-refractivity contribution in [1.82, 2.24) is 15.1 Å². The number of aryl methyl sites for hydroxylation is 1. The molecule has 1 heterocycles. The zero-order valence-electron chi connectivity index (χ0n) is 16.0. The monoisotopic (exact) mass is 364 g/mol. The molecule has 0 aliphatic carbocycles. The highest BCUT2D eigenvalue weighted by Crippen LogP contribution is 2.18. The first-order valence-corrected chi connectivity index (χ1v) is 9.97. The van der Waals surface area contributed by atoms with Gasteiger partial charge in [-0.15, -0.1) is 0 Å². The highest BCUT2D eigenvalue weighted by Gasteiger charge is 2.25. The number of guanidine groups is 1. The van der Waals surface area contributed by atoms with Crippen molar-refractivity contribution in [2.45, 2.75) is 33.1 Å². The van der Waals surface area contributed by atoms with Gasteiger partial charge < -0.3 is 15.1 Å². The Hall–Kier alpha value is -1.26. The first-order chi connectivity index (χ1) is 12.2. The van der Waals surface area contributed by atoms with Gasteiger partial charge in [0.15, 0.2) is 5.96 Å². The molecule has 2 rings (SSSR count). The smallest absolute Gasteiger partial charge is 0.193 e. The van der Waals surface area contributed by atoms with Crippen LogP contribution in [0, 0.1) is 5.92 Å². The standard InChI is InChI=1S/C20H33ClN4/c1-4-24(5-2)15-17-12-14-25(16-17)20(22-3)23-13-8-10-18-9-6-7-11-19(18)21/h6-7,9,11,17H,4-5,8,10,12-16H2,1-3H3,(H,22,23). The maximum atomic E-state index is 6.22. The lowest BCUT2D eigenvalue weighted by molar-refractivity contribution is 0.255. The second-order valence-corrected chi connectivity index (χ2v) is 7.16. The number of rotatable bonds is 8. The van der Waals surface area contributed by atoms with E-state index in [0.29, 0.717) is 0 Å². The molecule has 25 heavy (non-hydrogen) atoms. The summed E-state index contributed by atoms with van der Waals surface area (Å²) in [6, 6.07) is 8.10. The maximum absolute atomic E-state index is 6.22. The molecule has 1 N–H and O–H groups in total. The third-order valence-electron chi connectivity index (χ3n) is 5.07. The average Bonchev–Trinajstić information content (AvgIpc) is 3.09. The largest absolute Gasteiger partial charge is 0.356 e. The highest BCUT2D eigenvalue weighted by molar-refractivity contribution is 6.31. The molecule has 0 spiro atoms. The molecule has 140 valence electrons. The van der Waals surface area contributed by atoms with Gasteiger partial charge in [0.25, 0.3) is 0 Å². The predicted octanol–water partition coefficient (Wildman–Crippen LogP) is 3.51. The van der Waals surface area contributed by atoms with Crippen molar-refractivity contribution in [2.24, 2.45) is 10.9 Å². The summed E-state index contributed by atoms with van der Waals surface area (Å²) >= 11 is 6.22. The molecule has 1 aliphatic heterocycles. The van der Waals surface area contributed by atoms with Crippen molar-refractivity contribution in [3.05, 3.63) is 34.9 Å². The van der Waals surface area contributed by atoms with Crippen LogP contribution in [-0.2, 0) is 6.42 Å². The second kappa shape index (κ2) is 10.7. The minimum atomic E-state index is 0.751. The van der Waals surface area contributed by atoms with Gasteiger partial charge in [-0.3, -0.25) is 4.99 Å². The van der Waals surface area contributed by atoms with E-state index < -0.39 is 0 Å². The Balaban J connectivity index is 1.73. The highest BCUT2D eigenvalue weighted by atomic mass is 35.5. The summed E-state index contributed by atoms with van der Waals surface area (Å²) in [7, 11) is 1.88. The summed E-state index contributed by atoms with van der Waals surface area (Å²) < 4.78 is 0. The van der Waals surface area contributed by atoms with E-state index >= 15 is 0 Å². The third kappa shape index (κ3) is 6.19. The third-order valence-corrected chi connectivity index (χ3v) is 5.44. The van der Waals surface area contributed by atoms with Crippen molar-refractivity contribution in [2.75, 3.05) is 46.3 Å². The van der Waals surface area contributed by atoms with Crippen LogP contribution >= 0.6 is 11.6 Å². The van der Waals surface area contributed by atoms with Gasteiger partial charge >= 0.3 is 0 Å². The van der Waals surface area contributed by atoms with Gasteiger partial charge in [0.05, 0.1) is 0 Å². The number of hydrogen-bond acceptors (Lipinski definition) is 2. The van der Waals surface area contributed by atoms with Crippen LogP contribution in [0.5, 0.6) is 0 Å². The normalized spacial score (nSPS) is 18.2. The summed E-state index contributed by atoms with van der Waals surface area (Å²) in [4.78, 5) is 9.41. The zero-order chi connectivity index (χ0) is 18.1. The van der Waals surface area contributed by atoms with Crippen molar-refractivity contribution in [3.63, 3.8) is 0 Å². The number of nitrogens with zero attached hydrogens (tertiary/aromatic N) is 3. The van der Waals surface area contributed by atoms with Crippen molar-refractivity contribution < 1.29 is 0 Å². The zero-order valence-corrected chi connectivity index (χ0v) is 16.7. The topological polar surface area (TPSA) is 30.9 Å². The lowest BCUT2D eigenvalue weighted by atomic mass is 10.1. The van der Waals surface area contributed by atoms with Crippen LogP contribution in [0.2, 0.25) is 5.02 Å². The van der Waals surface area contributed by atoms with Crippen LogP contribution in [-0.4, -0.2) is 62.1 Å². The van der Waals surface area contributed by atoms with Crippen LogP contribution in [0.3, 0.4) is 0 Å². The lowest BCUT2D eigenvalue weighted by Gasteiger charge is -2.24. The van der Waals surface area contributed by atoms with Gasteiger partial charge in [-0.25, -0.2) is 0 Å². The van der Waals surface area contributed by atoms with Gasteiger partial charge in [-0.1, -0.05) is 43.6 Å². The van der Waals surface area contributed by atoms with Crippen molar-refractivity contribution in [3.8, 4) is 0 Å². The molecule has 5 heteroatoms. The van der Waals surface area contributed by atoms with E-state index in [2.05, 4.69) is 40.0 Å². The van der Waals surface area contributed by atoms with Crippen molar-refractivity contribution in [1.29, 1.82) is 0 Å². The summed E-state index contributed by atoms with van der Waals surface area (Å²) in [5.74, 6) is 1.79. The van der Waals surface area contributed by atoms with Gasteiger partial charge in [-0.05, 0) is 49.9 Å². The Morgan fingerprint density at radius 1 is 1.32 bits per heavy atom. The fourth-order valence-corrected chi connectivity index (χ4v) is 3.76. The Morgan fingerprint density at radius 3 is 2.76 bits per heavy atom. The quantitative estimate of drug-likeness (QED) is 0.435. The number of aliphatic imine (C=N–C) groups is 1. The van der Waals surface area contributed by atoms with Gasteiger partial charge in [0.2, 0.25) is 0 Å². The van der Waals surface area contributed by atoms with E-state index in [1.54, 1.807) is 0 Å². The fraction of sp³-hybridized carbons (Fsp3) is 0.650. The molecule has 0 amide bonds. The first-order valence-electron chi connectivity index (χ1n) is 9.59. The minimum Gasteiger partial charge on any atom is -0.356 e. The molecule has 1 saturated heterocycles. The summed E-state index contributed by atoms with van der Waals surface area (Å²) in [6.07, 6.45) is 3.31. The second-order valence-electron chi connectivity index (χ2n) is 6.76. The summed E-state index contributed by atoms with van der Waals surface area (Å²) in [6.45, 7) is 11.1. The number of benzene rings is 1. The van der Waals surface area contributed by atoms with E-state index in [1.807, 2.05) is 25.2 Å². The Labute approximate surface area is 158 Å². The number of hydrogen-bond donors (Lipinski definition) is 1. The number of nitrogens with one attached hydrogen (secondary N) is 1. The van der Waals surface area contributed by atoms with Crippen LogP contribution in [0.4, 0.5) is 0 Å². The summed E-state index contributed by atoms with van der Waals surface area (Å²) in [5.41, 5.74) is 1.22. The molecule has 4 nitrogen and oxygen atoms in total. The molecule has 1 unspecified atom stereocenters. The average molecular weight is 365 g/mol. The fourth-order valence-electron chi connectivity index (χ4n) is 3.53. The van der Waals surface area contributed by atoms with E-state index in [9.17, 15) is 0 Å². The lowest BCUT2D eigenvalue weighted by Crippen LogP contribution is -2.41. The van der Waals surface area contributed by atoms with E-state index in [0.717, 1.165) is 62.5 Å².